The van der Waals surface area contributed by atoms with Gasteiger partial charge in [0.15, 0.2) is 5.78 Å². The summed E-state index contributed by atoms with van der Waals surface area (Å²) in [4.78, 5) is 27.5. The third-order valence-corrected chi connectivity index (χ3v) is 5.56. The summed E-state index contributed by atoms with van der Waals surface area (Å²) < 4.78 is 3.65. The predicted molar refractivity (Wildman–Crippen MR) is 123 cm³/mol. The number of aryl methyl sites for hydroxylation is 2. The predicted octanol–water partition coefficient (Wildman–Crippen LogP) is 4.61. The zero-order chi connectivity index (χ0) is 21.6. The Morgan fingerprint density at radius 2 is 1.67 bits per heavy atom. The van der Waals surface area contributed by atoms with E-state index < -0.39 is 0 Å². The van der Waals surface area contributed by atoms with E-state index >= 15 is 0 Å². The van der Waals surface area contributed by atoms with E-state index in [1.165, 1.54) is 0 Å². The van der Waals surface area contributed by atoms with Crippen LogP contribution in [0.3, 0.4) is 0 Å². The van der Waals surface area contributed by atoms with E-state index in [1.807, 2.05) is 67.0 Å². The monoisotopic (exact) mass is 419 g/mol. The summed E-state index contributed by atoms with van der Waals surface area (Å²) in [5, 5.41) is 2.48. The Balaban J connectivity index is 1.98. The first kappa shape index (κ1) is 20.0. The number of aromatic nitrogens is 2. The van der Waals surface area contributed by atoms with Crippen LogP contribution in [0.2, 0.25) is 5.02 Å². The fourth-order valence-electron chi connectivity index (χ4n) is 3.79. The van der Waals surface area contributed by atoms with Crippen LogP contribution in [0.1, 0.15) is 10.4 Å². The summed E-state index contributed by atoms with van der Waals surface area (Å²) >= 11 is 6.01. The Morgan fingerprint density at radius 1 is 0.967 bits per heavy atom. The minimum atomic E-state index is -0.0825. The summed E-state index contributed by atoms with van der Waals surface area (Å²) in [7, 11) is 7.45. The summed E-state index contributed by atoms with van der Waals surface area (Å²) in [6.45, 7) is 0. The van der Waals surface area contributed by atoms with Crippen molar-refractivity contribution in [3.8, 4) is 11.1 Å². The molecule has 30 heavy (non-hydrogen) atoms. The molecular weight excluding hydrogens is 398 g/mol. The highest BCUT2D eigenvalue weighted by atomic mass is 35.5. The molecule has 0 saturated heterocycles. The molecule has 0 aliphatic heterocycles. The molecule has 4 aromatic rings. The van der Waals surface area contributed by atoms with Gasteiger partial charge in [0.2, 0.25) is 0 Å². The van der Waals surface area contributed by atoms with Crippen LogP contribution in [0.15, 0.2) is 65.6 Å². The average Bonchev–Trinajstić information content (AvgIpc) is 3.01. The molecule has 0 amide bonds. The second-order valence-corrected chi connectivity index (χ2v) is 8.04. The van der Waals surface area contributed by atoms with Gasteiger partial charge in [-0.1, -0.05) is 23.7 Å². The van der Waals surface area contributed by atoms with Gasteiger partial charge in [0.1, 0.15) is 5.65 Å². The van der Waals surface area contributed by atoms with Crippen LogP contribution in [0.25, 0.3) is 33.1 Å². The van der Waals surface area contributed by atoms with Gasteiger partial charge < -0.3 is 9.47 Å². The number of carbonyl (C=O) groups is 1. The zero-order valence-electron chi connectivity index (χ0n) is 17.3. The van der Waals surface area contributed by atoms with Crippen molar-refractivity contribution in [2.24, 2.45) is 14.1 Å². The van der Waals surface area contributed by atoms with E-state index in [0.29, 0.717) is 16.1 Å². The highest BCUT2D eigenvalue weighted by Gasteiger charge is 2.17. The molecule has 0 aliphatic carbocycles. The molecule has 0 bridgehead atoms. The van der Waals surface area contributed by atoms with Crippen LogP contribution in [0.5, 0.6) is 0 Å². The SMILES string of the molecule is CN(C)C=CC(=O)c1ccc2c(c1)c1cc(-c3ccc(Cl)cc3)c(=O)n(C)c1n2C. The van der Waals surface area contributed by atoms with Crippen molar-refractivity contribution < 1.29 is 4.79 Å². The Bertz CT molecular complexity index is 1380. The number of benzene rings is 2. The van der Waals surface area contributed by atoms with Crippen LogP contribution >= 0.6 is 11.6 Å². The molecule has 0 N–H and O–H groups in total. The van der Waals surface area contributed by atoms with Crippen molar-refractivity contribution in [3.05, 3.63) is 81.7 Å². The molecule has 6 heteroatoms. The Morgan fingerprint density at radius 3 is 2.33 bits per heavy atom. The molecular formula is C24H22ClN3O2. The molecule has 152 valence electrons. The molecule has 0 spiro atoms. The number of allylic oxidation sites excluding steroid dienone is 1. The van der Waals surface area contributed by atoms with E-state index in [4.69, 9.17) is 11.6 Å². The van der Waals surface area contributed by atoms with Crippen LogP contribution in [-0.4, -0.2) is 33.9 Å². The van der Waals surface area contributed by atoms with Crippen molar-refractivity contribution in [1.82, 2.24) is 14.0 Å². The van der Waals surface area contributed by atoms with Crippen LogP contribution < -0.4 is 5.56 Å². The maximum Gasteiger partial charge on any atom is 0.259 e. The van der Waals surface area contributed by atoms with Crippen LogP contribution in [0, 0.1) is 0 Å². The third-order valence-electron chi connectivity index (χ3n) is 5.31. The van der Waals surface area contributed by atoms with Gasteiger partial charge in [-0.05, 0) is 42.0 Å². The average molecular weight is 420 g/mol. The quantitative estimate of drug-likeness (QED) is 0.358. The highest BCUT2D eigenvalue weighted by molar-refractivity contribution is 6.30. The molecule has 0 saturated carbocycles. The fourth-order valence-corrected chi connectivity index (χ4v) is 3.92. The molecule has 5 nitrogen and oxygen atoms in total. The first-order valence-electron chi connectivity index (χ1n) is 9.55. The van der Waals surface area contributed by atoms with Crippen molar-refractivity contribution in [2.75, 3.05) is 14.1 Å². The third kappa shape index (κ3) is 3.31. The molecule has 0 fully saturated rings. The number of rotatable bonds is 4. The van der Waals surface area contributed by atoms with Crippen molar-refractivity contribution in [3.63, 3.8) is 0 Å². The van der Waals surface area contributed by atoms with Crippen molar-refractivity contribution in [2.45, 2.75) is 0 Å². The van der Waals surface area contributed by atoms with Gasteiger partial charge in [-0.15, -0.1) is 0 Å². The molecule has 0 aliphatic rings. The number of carbonyl (C=O) groups excluding carboxylic acids is 1. The second kappa shape index (κ2) is 7.50. The summed E-state index contributed by atoms with van der Waals surface area (Å²) in [5.74, 6) is -0.0645. The van der Waals surface area contributed by atoms with E-state index in [2.05, 4.69) is 0 Å². The van der Waals surface area contributed by atoms with Gasteiger partial charge in [-0.2, -0.15) is 0 Å². The van der Waals surface area contributed by atoms with E-state index in [0.717, 1.165) is 27.5 Å². The number of ketones is 1. The van der Waals surface area contributed by atoms with E-state index in [1.54, 1.807) is 36.0 Å². The zero-order valence-corrected chi connectivity index (χ0v) is 18.1. The lowest BCUT2D eigenvalue weighted by atomic mass is 10.0. The lowest BCUT2D eigenvalue weighted by Gasteiger charge is -2.08. The van der Waals surface area contributed by atoms with Crippen LogP contribution in [0.4, 0.5) is 0 Å². The molecule has 0 unspecified atom stereocenters. The number of fused-ring (bicyclic) bond motifs is 3. The second-order valence-electron chi connectivity index (χ2n) is 7.60. The van der Waals surface area contributed by atoms with Crippen molar-refractivity contribution >= 4 is 39.3 Å². The normalized spacial score (nSPS) is 11.6. The minimum Gasteiger partial charge on any atom is -0.383 e. The molecule has 2 heterocycles. The van der Waals surface area contributed by atoms with Gasteiger partial charge in [0.05, 0.1) is 5.52 Å². The Labute approximate surface area is 179 Å². The molecule has 2 aromatic carbocycles. The Hall–Kier alpha value is -3.31. The molecule has 4 rings (SSSR count). The maximum absolute atomic E-state index is 13.1. The fraction of sp³-hybridized carbons (Fsp3) is 0.167. The summed E-state index contributed by atoms with van der Waals surface area (Å²) in [5.41, 5.74) is 3.69. The summed E-state index contributed by atoms with van der Waals surface area (Å²) in [6, 6.07) is 14.8. The van der Waals surface area contributed by atoms with Gasteiger partial charge in [0.25, 0.3) is 5.56 Å². The number of hydrogen-bond acceptors (Lipinski definition) is 3. The molecule has 0 atom stereocenters. The number of hydrogen-bond donors (Lipinski definition) is 0. The number of halogens is 1. The first-order chi connectivity index (χ1) is 14.3. The van der Waals surface area contributed by atoms with Crippen molar-refractivity contribution in [1.29, 1.82) is 0 Å². The highest BCUT2D eigenvalue weighted by Crippen LogP contribution is 2.31. The van der Waals surface area contributed by atoms with Gasteiger partial charge in [-0.25, -0.2) is 0 Å². The number of nitrogens with zero attached hydrogens (tertiary/aromatic N) is 3. The van der Waals surface area contributed by atoms with E-state index in [-0.39, 0.29) is 11.3 Å². The first-order valence-corrected chi connectivity index (χ1v) is 9.93. The van der Waals surface area contributed by atoms with E-state index in [9.17, 15) is 9.59 Å². The maximum atomic E-state index is 13.1. The lowest BCUT2D eigenvalue weighted by molar-refractivity contribution is 0.104. The summed E-state index contributed by atoms with van der Waals surface area (Å²) in [6.07, 6.45) is 3.29. The smallest absolute Gasteiger partial charge is 0.259 e. The molecule has 0 radical (unpaired) electrons. The molecule has 2 aromatic heterocycles. The topological polar surface area (TPSA) is 47.2 Å². The largest absolute Gasteiger partial charge is 0.383 e. The lowest BCUT2D eigenvalue weighted by Crippen LogP contribution is -2.20. The van der Waals surface area contributed by atoms with Gasteiger partial charge >= 0.3 is 0 Å². The van der Waals surface area contributed by atoms with Crippen LogP contribution in [-0.2, 0) is 14.1 Å². The number of pyridine rings is 1. The Kier molecular flexibility index (Phi) is 5.00. The standard InChI is InChI=1S/C24H22ClN3O2/c1-26(2)12-11-22(29)16-7-10-21-19(13-16)20-14-18(15-5-8-17(25)9-6-15)24(30)28(4)23(20)27(21)3/h5-14H,1-4H3. The van der Waals surface area contributed by atoms with Gasteiger partial charge in [-0.3, -0.25) is 14.2 Å². The minimum absolute atomic E-state index is 0.0645. The van der Waals surface area contributed by atoms with Gasteiger partial charge in [0, 0.05) is 67.4 Å².